The molecule has 0 saturated heterocycles. The molecule has 2 heterocycles. The Labute approximate surface area is 219 Å². The molecule has 0 bridgehead atoms. The lowest BCUT2D eigenvalue weighted by molar-refractivity contribution is 0.477. The predicted molar refractivity (Wildman–Crippen MR) is 158 cm³/mol. The number of hydrogen-bond acceptors (Lipinski definition) is 0. The Bertz CT molecular complexity index is 889. The zero-order chi connectivity index (χ0) is 23.8. The van der Waals surface area contributed by atoms with Crippen molar-refractivity contribution in [3.63, 3.8) is 0 Å². The molecule has 2 heteroatoms. The molecule has 0 aliphatic heterocycles. The summed E-state index contributed by atoms with van der Waals surface area (Å²) in [7, 11) is 1.94. The second-order valence-electron chi connectivity index (χ2n) is 12.8. The Balaban J connectivity index is 1.51. The Morgan fingerprint density at radius 3 is 1.17 bits per heavy atom. The monoisotopic (exact) mass is 508 g/mol. The molecule has 6 rings (SSSR count). The van der Waals surface area contributed by atoms with Crippen LogP contribution in [0.5, 0.6) is 0 Å². The minimum atomic E-state index is 0.348. The Kier molecular flexibility index (Phi) is 7.63. The summed E-state index contributed by atoms with van der Waals surface area (Å²) in [6.45, 7) is 5.14. The third kappa shape index (κ3) is 4.36. The van der Waals surface area contributed by atoms with Gasteiger partial charge in [-0.2, -0.15) is 0 Å². The SMILES string of the molecule is CCC(CC)(c1[pH]cc(C2CCCC2)c1C1CCCC1)c1[pH]cc(C2CCCC2)c1C1CCCC1. The van der Waals surface area contributed by atoms with Crippen molar-refractivity contribution in [2.24, 2.45) is 0 Å². The lowest BCUT2D eigenvalue weighted by Crippen LogP contribution is -2.27. The molecule has 192 valence electrons. The van der Waals surface area contributed by atoms with Crippen LogP contribution in [0.1, 0.15) is 186 Å². The molecule has 0 nitrogen and oxygen atoms in total. The zero-order valence-corrected chi connectivity index (χ0v) is 24.7. The largest absolute Gasteiger partial charge is 0.135 e. The van der Waals surface area contributed by atoms with Crippen LogP contribution in [0.2, 0.25) is 0 Å². The fourth-order valence-corrected chi connectivity index (χ4v) is 13.3. The van der Waals surface area contributed by atoms with Gasteiger partial charge in [-0.05, 0) is 132 Å². The number of hydrogen-bond donors (Lipinski definition) is 0. The van der Waals surface area contributed by atoms with Gasteiger partial charge in [-0.25, -0.2) is 0 Å². The molecular weight excluding hydrogens is 458 g/mol. The maximum atomic E-state index is 2.80. The second-order valence-corrected chi connectivity index (χ2v) is 14.9. The minimum absolute atomic E-state index is 0.348. The normalized spacial score (nSPS) is 23.8. The average molecular weight is 509 g/mol. The van der Waals surface area contributed by atoms with E-state index in [1.54, 1.807) is 0 Å². The molecule has 4 aliphatic rings. The summed E-state index contributed by atoms with van der Waals surface area (Å²) in [6.07, 6.45) is 26.2. The second kappa shape index (κ2) is 10.7. The van der Waals surface area contributed by atoms with Gasteiger partial charge in [0.1, 0.15) is 0 Å². The van der Waals surface area contributed by atoms with Crippen LogP contribution in [0.4, 0.5) is 0 Å². The Morgan fingerprint density at radius 1 is 0.543 bits per heavy atom. The molecule has 4 fully saturated rings. The first kappa shape index (κ1) is 24.9. The van der Waals surface area contributed by atoms with E-state index in [0.29, 0.717) is 5.41 Å². The van der Waals surface area contributed by atoms with Crippen LogP contribution in [0.25, 0.3) is 0 Å². The van der Waals surface area contributed by atoms with Gasteiger partial charge in [-0.3, -0.25) is 0 Å². The third-order valence-electron chi connectivity index (χ3n) is 11.2. The molecule has 0 amide bonds. The van der Waals surface area contributed by atoms with Crippen LogP contribution in [0.3, 0.4) is 0 Å². The van der Waals surface area contributed by atoms with Gasteiger partial charge in [0, 0.05) is 5.41 Å². The van der Waals surface area contributed by atoms with E-state index in [9.17, 15) is 0 Å². The highest BCUT2D eigenvalue weighted by molar-refractivity contribution is 7.32. The maximum Gasteiger partial charge on any atom is 0.0273 e. The molecule has 0 spiro atoms. The minimum Gasteiger partial charge on any atom is -0.135 e. The van der Waals surface area contributed by atoms with E-state index in [1.165, 1.54) is 116 Å². The summed E-state index contributed by atoms with van der Waals surface area (Å²) in [5.41, 5.74) is 8.01. The van der Waals surface area contributed by atoms with Gasteiger partial charge in [-0.1, -0.05) is 65.2 Å². The van der Waals surface area contributed by atoms with Gasteiger partial charge in [0.2, 0.25) is 0 Å². The molecule has 0 radical (unpaired) electrons. The van der Waals surface area contributed by atoms with Crippen molar-refractivity contribution in [2.45, 2.75) is 159 Å². The molecule has 4 saturated carbocycles. The Hall–Kier alpha value is -0.440. The molecule has 2 aromatic heterocycles. The first-order chi connectivity index (χ1) is 17.3. The smallest absolute Gasteiger partial charge is 0.0273 e. The highest BCUT2D eigenvalue weighted by Crippen LogP contribution is 2.59. The van der Waals surface area contributed by atoms with E-state index in [1.807, 2.05) is 32.8 Å². The van der Waals surface area contributed by atoms with Crippen molar-refractivity contribution >= 4 is 16.4 Å². The first-order valence-corrected chi connectivity index (χ1v) is 17.9. The highest BCUT2D eigenvalue weighted by Gasteiger charge is 2.42. The van der Waals surface area contributed by atoms with Crippen molar-refractivity contribution in [1.82, 2.24) is 0 Å². The van der Waals surface area contributed by atoms with Crippen LogP contribution in [-0.2, 0) is 5.41 Å². The Morgan fingerprint density at radius 2 is 0.857 bits per heavy atom. The van der Waals surface area contributed by atoms with Crippen molar-refractivity contribution in [2.75, 3.05) is 0 Å². The van der Waals surface area contributed by atoms with Crippen LogP contribution < -0.4 is 0 Å². The maximum absolute atomic E-state index is 2.80. The molecule has 4 aliphatic carbocycles. The lowest BCUT2D eigenvalue weighted by atomic mass is 9.71. The quantitative estimate of drug-likeness (QED) is 0.333. The van der Waals surface area contributed by atoms with Crippen LogP contribution in [-0.4, -0.2) is 0 Å². The van der Waals surface area contributed by atoms with Crippen molar-refractivity contribution < 1.29 is 0 Å². The summed E-state index contributed by atoms with van der Waals surface area (Å²) < 4.78 is 0. The van der Waals surface area contributed by atoms with Crippen LogP contribution in [0.15, 0.2) is 11.6 Å². The van der Waals surface area contributed by atoms with E-state index >= 15 is 0 Å². The first-order valence-electron chi connectivity index (χ1n) is 15.7. The van der Waals surface area contributed by atoms with Gasteiger partial charge in [0.15, 0.2) is 0 Å². The van der Waals surface area contributed by atoms with Gasteiger partial charge >= 0.3 is 0 Å². The molecule has 2 unspecified atom stereocenters. The van der Waals surface area contributed by atoms with Gasteiger partial charge in [0.05, 0.1) is 0 Å². The summed E-state index contributed by atoms with van der Waals surface area (Å²) in [5.74, 6) is 9.15. The van der Waals surface area contributed by atoms with Crippen LogP contribution in [0, 0.1) is 0 Å². The van der Waals surface area contributed by atoms with Crippen molar-refractivity contribution in [3.8, 4) is 0 Å². The summed E-state index contributed by atoms with van der Waals surface area (Å²) in [6, 6.07) is 0. The zero-order valence-electron chi connectivity index (χ0n) is 22.7. The highest BCUT2D eigenvalue weighted by atomic mass is 31.0. The van der Waals surface area contributed by atoms with Crippen molar-refractivity contribution in [3.05, 3.63) is 44.4 Å². The van der Waals surface area contributed by atoms with E-state index < -0.39 is 0 Å². The lowest BCUT2D eigenvalue weighted by Gasteiger charge is -2.37. The van der Waals surface area contributed by atoms with E-state index in [4.69, 9.17) is 0 Å². The number of rotatable bonds is 8. The predicted octanol–water partition coefficient (Wildman–Crippen LogP) is 11.5. The van der Waals surface area contributed by atoms with Gasteiger partial charge in [-0.15, -0.1) is 16.4 Å². The van der Waals surface area contributed by atoms with Crippen LogP contribution >= 0.6 is 16.4 Å². The molecule has 0 aromatic carbocycles. The van der Waals surface area contributed by atoms with E-state index in [-0.39, 0.29) is 0 Å². The van der Waals surface area contributed by atoms with E-state index in [0.717, 1.165) is 40.1 Å². The summed E-state index contributed by atoms with van der Waals surface area (Å²) >= 11 is 0. The molecule has 2 aromatic rings. The third-order valence-corrected chi connectivity index (χ3v) is 14.2. The van der Waals surface area contributed by atoms with Gasteiger partial charge in [0.25, 0.3) is 0 Å². The van der Waals surface area contributed by atoms with Gasteiger partial charge < -0.3 is 0 Å². The summed E-state index contributed by atoms with van der Waals surface area (Å²) in [5, 5.41) is 3.94. The molecule has 35 heavy (non-hydrogen) atoms. The molecule has 0 N–H and O–H groups in total. The average Bonchev–Trinajstić information content (AvgIpc) is 3.73. The fraction of sp³-hybridized carbons (Fsp3) is 0.758. The fourth-order valence-electron chi connectivity index (χ4n) is 9.23. The standard InChI is InChI=1S/C33H50P2/c1-3-33(4-2,31-29(25-17-9-10-18-25)27(21-34-31)23-13-5-6-14-23)32-30(26-19-11-12-20-26)28(22-35-32)24-15-7-8-16-24/h21-26,34-35H,3-20H2,1-2H3. The molecular formula is C33H50P2. The van der Waals surface area contributed by atoms with Crippen molar-refractivity contribution in [1.29, 1.82) is 0 Å². The van der Waals surface area contributed by atoms with E-state index in [2.05, 4.69) is 25.4 Å². The topological polar surface area (TPSA) is 0 Å². The summed E-state index contributed by atoms with van der Waals surface area (Å²) in [4.78, 5) is 0. The molecule has 2 atom stereocenters.